The van der Waals surface area contributed by atoms with E-state index in [1.165, 1.54) is 0 Å². The molecule has 0 fully saturated rings. The zero-order valence-corrected chi connectivity index (χ0v) is 10.0. The van der Waals surface area contributed by atoms with E-state index in [2.05, 4.69) is 0 Å². The van der Waals surface area contributed by atoms with Crippen molar-refractivity contribution in [1.82, 2.24) is 4.57 Å². The van der Waals surface area contributed by atoms with Crippen LogP contribution >= 0.6 is 11.8 Å². The van der Waals surface area contributed by atoms with Crippen molar-refractivity contribution in [2.75, 3.05) is 6.26 Å². The van der Waals surface area contributed by atoms with Crippen LogP contribution in [0.15, 0.2) is 24.4 Å². The van der Waals surface area contributed by atoms with Gasteiger partial charge < -0.3 is 9.67 Å². The molecule has 0 aliphatic carbocycles. The van der Waals surface area contributed by atoms with E-state index >= 15 is 0 Å². The molecule has 0 amide bonds. The number of aromatic nitrogens is 1. The summed E-state index contributed by atoms with van der Waals surface area (Å²) in [4.78, 5) is 11.2. The normalized spacial score (nSPS) is 10.9. The number of aromatic carboxylic acids is 1. The highest BCUT2D eigenvalue weighted by molar-refractivity contribution is 7.97. The maximum atomic E-state index is 11.2. The summed E-state index contributed by atoms with van der Waals surface area (Å²) in [5.74, 6) is -0.0269. The molecule has 0 radical (unpaired) electrons. The minimum Gasteiger partial charge on any atom is -0.478 e. The minimum atomic E-state index is -0.862. The standard InChI is InChI=1S/C12H13NO2S/c1-13-6-8(7-16-2)11-9(12(14)15)4-3-5-10(11)13/h3-6H,7H2,1-2H3,(H,14,15). The Labute approximate surface area is 98.1 Å². The predicted octanol–water partition coefficient (Wildman–Crippen LogP) is 2.74. The third-order valence-corrected chi connectivity index (χ3v) is 3.22. The van der Waals surface area contributed by atoms with Gasteiger partial charge in [-0.05, 0) is 24.0 Å². The Bertz CT molecular complexity index is 545. The third kappa shape index (κ3) is 1.69. The first-order chi connectivity index (χ1) is 7.65. The molecule has 16 heavy (non-hydrogen) atoms. The molecule has 4 heteroatoms. The molecule has 0 aliphatic heterocycles. The molecule has 1 N–H and O–H groups in total. The van der Waals surface area contributed by atoms with Crippen LogP contribution in [0.4, 0.5) is 0 Å². The van der Waals surface area contributed by atoms with Gasteiger partial charge in [-0.2, -0.15) is 11.8 Å². The predicted molar refractivity (Wildman–Crippen MR) is 67.1 cm³/mol. The first kappa shape index (κ1) is 11.1. The number of carboxylic acid groups (broad SMARTS) is 1. The van der Waals surface area contributed by atoms with Crippen LogP contribution in [-0.2, 0) is 12.8 Å². The SMILES string of the molecule is CSCc1cn(C)c2cccc(C(=O)O)c12. The highest BCUT2D eigenvalue weighted by atomic mass is 32.2. The van der Waals surface area contributed by atoms with E-state index in [0.717, 1.165) is 22.2 Å². The molecule has 84 valence electrons. The number of hydrogen-bond acceptors (Lipinski definition) is 2. The van der Waals surface area contributed by atoms with Gasteiger partial charge in [0.15, 0.2) is 0 Å². The van der Waals surface area contributed by atoms with E-state index in [4.69, 9.17) is 5.11 Å². The van der Waals surface area contributed by atoms with Gasteiger partial charge in [0, 0.05) is 29.9 Å². The lowest BCUT2D eigenvalue weighted by Gasteiger charge is -2.01. The van der Waals surface area contributed by atoms with E-state index in [1.807, 2.05) is 30.1 Å². The molecule has 0 saturated heterocycles. The minimum absolute atomic E-state index is 0.391. The summed E-state index contributed by atoms with van der Waals surface area (Å²) in [5, 5.41) is 10.0. The van der Waals surface area contributed by atoms with Gasteiger partial charge in [-0.25, -0.2) is 4.79 Å². The van der Waals surface area contributed by atoms with Crippen molar-refractivity contribution in [3.05, 3.63) is 35.5 Å². The number of rotatable bonds is 3. The average Bonchev–Trinajstić information content (AvgIpc) is 2.57. The molecular weight excluding hydrogens is 222 g/mol. The summed E-state index contributed by atoms with van der Waals surface area (Å²) in [6.45, 7) is 0. The zero-order chi connectivity index (χ0) is 11.7. The number of nitrogens with zero attached hydrogens (tertiary/aromatic N) is 1. The smallest absolute Gasteiger partial charge is 0.336 e. The number of fused-ring (bicyclic) bond motifs is 1. The average molecular weight is 235 g/mol. The lowest BCUT2D eigenvalue weighted by molar-refractivity contribution is 0.0699. The van der Waals surface area contributed by atoms with Crippen molar-refractivity contribution in [2.45, 2.75) is 5.75 Å². The topological polar surface area (TPSA) is 42.2 Å². The van der Waals surface area contributed by atoms with Crippen molar-refractivity contribution in [1.29, 1.82) is 0 Å². The van der Waals surface area contributed by atoms with Crippen LogP contribution in [0.5, 0.6) is 0 Å². The van der Waals surface area contributed by atoms with Gasteiger partial charge >= 0.3 is 5.97 Å². The van der Waals surface area contributed by atoms with Crippen LogP contribution in [0.25, 0.3) is 10.9 Å². The van der Waals surface area contributed by atoms with Gasteiger partial charge in [0.05, 0.1) is 5.56 Å². The van der Waals surface area contributed by atoms with Crippen molar-refractivity contribution >= 4 is 28.6 Å². The summed E-state index contributed by atoms with van der Waals surface area (Å²) in [5.41, 5.74) is 2.45. The number of hydrogen-bond donors (Lipinski definition) is 1. The maximum Gasteiger partial charge on any atom is 0.336 e. The molecule has 0 unspecified atom stereocenters. The van der Waals surface area contributed by atoms with E-state index in [9.17, 15) is 4.79 Å². The summed E-state index contributed by atoms with van der Waals surface area (Å²) in [7, 11) is 1.94. The number of benzene rings is 1. The number of aryl methyl sites for hydroxylation is 1. The fraction of sp³-hybridized carbons (Fsp3) is 0.250. The molecule has 0 aliphatic rings. The molecule has 2 rings (SSSR count). The Morgan fingerprint density at radius 3 is 2.88 bits per heavy atom. The Hall–Kier alpha value is -1.42. The molecule has 3 nitrogen and oxygen atoms in total. The monoisotopic (exact) mass is 235 g/mol. The molecule has 0 bridgehead atoms. The van der Waals surface area contributed by atoms with Crippen LogP contribution in [0.2, 0.25) is 0 Å². The zero-order valence-electron chi connectivity index (χ0n) is 9.23. The molecule has 0 atom stereocenters. The lowest BCUT2D eigenvalue weighted by Crippen LogP contribution is -1.97. The van der Waals surface area contributed by atoms with Crippen LogP contribution in [0, 0.1) is 0 Å². The second-order valence-corrected chi connectivity index (χ2v) is 4.57. The fourth-order valence-electron chi connectivity index (χ4n) is 1.98. The Morgan fingerprint density at radius 1 is 1.50 bits per heavy atom. The van der Waals surface area contributed by atoms with Gasteiger partial charge in [-0.3, -0.25) is 0 Å². The largest absolute Gasteiger partial charge is 0.478 e. The quantitative estimate of drug-likeness (QED) is 0.889. The van der Waals surface area contributed by atoms with Crippen LogP contribution in [-0.4, -0.2) is 21.9 Å². The van der Waals surface area contributed by atoms with Gasteiger partial charge in [0.1, 0.15) is 0 Å². The molecule has 0 spiro atoms. The van der Waals surface area contributed by atoms with E-state index in [-0.39, 0.29) is 0 Å². The van der Waals surface area contributed by atoms with Crippen molar-refractivity contribution in [2.24, 2.45) is 7.05 Å². The van der Waals surface area contributed by atoms with Gasteiger partial charge in [-0.15, -0.1) is 0 Å². The molecule has 2 aromatic rings. The molecule has 1 heterocycles. The van der Waals surface area contributed by atoms with Crippen LogP contribution in [0.1, 0.15) is 15.9 Å². The second kappa shape index (κ2) is 4.22. The Balaban J connectivity index is 2.77. The summed E-state index contributed by atoms with van der Waals surface area (Å²) >= 11 is 1.70. The van der Waals surface area contributed by atoms with E-state index in [1.54, 1.807) is 23.9 Å². The second-order valence-electron chi connectivity index (χ2n) is 3.70. The fourth-order valence-corrected chi connectivity index (χ4v) is 2.51. The van der Waals surface area contributed by atoms with Crippen LogP contribution < -0.4 is 0 Å². The van der Waals surface area contributed by atoms with Crippen molar-refractivity contribution in [3.63, 3.8) is 0 Å². The van der Waals surface area contributed by atoms with Gasteiger partial charge in [-0.1, -0.05) is 6.07 Å². The van der Waals surface area contributed by atoms with E-state index < -0.39 is 5.97 Å². The van der Waals surface area contributed by atoms with E-state index in [0.29, 0.717) is 5.56 Å². The summed E-state index contributed by atoms with van der Waals surface area (Å²) < 4.78 is 1.98. The number of thioether (sulfide) groups is 1. The number of carbonyl (C=O) groups is 1. The molecule has 1 aromatic carbocycles. The number of carboxylic acids is 1. The molecule has 1 aromatic heterocycles. The lowest BCUT2D eigenvalue weighted by atomic mass is 10.1. The Morgan fingerprint density at radius 2 is 2.25 bits per heavy atom. The molecule has 0 saturated carbocycles. The third-order valence-electron chi connectivity index (χ3n) is 2.62. The maximum absolute atomic E-state index is 11.2. The highest BCUT2D eigenvalue weighted by Gasteiger charge is 2.14. The highest BCUT2D eigenvalue weighted by Crippen LogP contribution is 2.27. The summed E-state index contributed by atoms with van der Waals surface area (Å²) in [6.07, 6.45) is 4.02. The van der Waals surface area contributed by atoms with Crippen molar-refractivity contribution < 1.29 is 9.90 Å². The summed E-state index contributed by atoms with van der Waals surface area (Å²) in [6, 6.07) is 5.40. The van der Waals surface area contributed by atoms with Gasteiger partial charge in [0.25, 0.3) is 0 Å². The first-order valence-corrected chi connectivity index (χ1v) is 6.33. The van der Waals surface area contributed by atoms with Crippen LogP contribution in [0.3, 0.4) is 0 Å². The molecular formula is C12H13NO2S. The Kier molecular flexibility index (Phi) is 2.92. The first-order valence-electron chi connectivity index (χ1n) is 4.94. The van der Waals surface area contributed by atoms with Crippen molar-refractivity contribution in [3.8, 4) is 0 Å². The van der Waals surface area contributed by atoms with Gasteiger partial charge in [0.2, 0.25) is 0 Å².